The quantitative estimate of drug-likeness (QED) is 0.301. The first-order chi connectivity index (χ1) is 16.8. The minimum Gasteiger partial charge on any atom is -0.493 e. The number of anilines is 1. The highest BCUT2D eigenvalue weighted by Crippen LogP contribution is 2.35. The van der Waals surface area contributed by atoms with Crippen LogP contribution in [0.15, 0.2) is 77.7 Å². The molecule has 0 aromatic heterocycles. The van der Waals surface area contributed by atoms with Crippen LogP contribution in [0.2, 0.25) is 10.0 Å². The molecule has 6 nitrogen and oxygen atoms in total. The van der Waals surface area contributed by atoms with Gasteiger partial charge in [0.05, 0.1) is 27.2 Å². The molecule has 0 radical (unpaired) electrons. The highest BCUT2D eigenvalue weighted by molar-refractivity contribution is 7.92. The first-order valence-electron chi connectivity index (χ1n) is 11.3. The van der Waals surface area contributed by atoms with Crippen LogP contribution < -0.4 is 14.4 Å². The Hall–Kier alpha value is -2.74. The first-order valence-corrected chi connectivity index (χ1v) is 13.5. The van der Waals surface area contributed by atoms with Gasteiger partial charge in [-0.3, -0.25) is 9.10 Å². The zero-order chi connectivity index (χ0) is 25.3. The number of carbonyl (C=O) groups is 1. The summed E-state index contributed by atoms with van der Waals surface area (Å²) in [6.45, 7) is 2.64. The second kappa shape index (κ2) is 12.8. The molecule has 186 valence electrons. The molecule has 9 heteroatoms. The number of nitrogens with zero attached hydrogens (tertiary/aromatic N) is 1. The van der Waals surface area contributed by atoms with Crippen molar-refractivity contribution >= 4 is 44.8 Å². The average Bonchev–Trinajstić information content (AvgIpc) is 2.87. The van der Waals surface area contributed by atoms with E-state index in [1.807, 2.05) is 24.3 Å². The molecule has 0 aliphatic rings. The van der Waals surface area contributed by atoms with Crippen LogP contribution >= 0.6 is 23.2 Å². The van der Waals surface area contributed by atoms with E-state index in [2.05, 4.69) is 12.2 Å². The molecule has 3 rings (SSSR count). The number of carbonyl (C=O) groups excluding carboxylic acids is 1. The van der Waals surface area contributed by atoms with Crippen LogP contribution in [0.5, 0.6) is 5.75 Å². The normalized spacial score (nSPS) is 11.2. The molecule has 0 atom stereocenters. The molecule has 0 aliphatic heterocycles. The molecule has 0 bridgehead atoms. The summed E-state index contributed by atoms with van der Waals surface area (Å²) in [6.07, 6.45) is 2.30. The summed E-state index contributed by atoms with van der Waals surface area (Å²) in [5.41, 5.74) is 1.20. The second-order valence-corrected chi connectivity index (χ2v) is 10.5. The van der Waals surface area contributed by atoms with Crippen LogP contribution in [0.3, 0.4) is 0 Å². The van der Waals surface area contributed by atoms with E-state index in [0.29, 0.717) is 26.0 Å². The molecule has 0 spiro atoms. The first kappa shape index (κ1) is 26.9. The predicted molar refractivity (Wildman–Crippen MR) is 141 cm³/mol. The van der Waals surface area contributed by atoms with Crippen molar-refractivity contribution in [2.45, 2.75) is 31.1 Å². The van der Waals surface area contributed by atoms with Crippen molar-refractivity contribution < 1.29 is 17.9 Å². The van der Waals surface area contributed by atoms with Crippen LogP contribution in [0.1, 0.15) is 25.3 Å². The van der Waals surface area contributed by atoms with Gasteiger partial charge in [-0.15, -0.1) is 0 Å². The number of ether oxygens (including phenoxy) is 1. The summed E-state index contributed by atoms with van der Waals surface area (Å²) in [5.74, 6) is 0.396. The SMILES string of the molecule is CCCOc1ccccc1CCCNC(=O)CN(c1cccc(Cl)c1Cl)S(=O)(=O)c1ccccc1. The Kier molecular flexibility index (Phi) is 9.83. The van der Waals surface area contributed by atoms with Crippen LogP contribution in [-0.2, 0) is 21.2 Å². The lowest BCUT2D eigenvalue weighted by Crippen LogP contribution is -2.41. The lowest BCUT2D eigenvalue weighted by atomic mass is 10.1. The molecule has 1 N–H and O–H groups in total. The number of hydrogen-bond acceptors (Lipinski definition) is 4. The van der Waals surface area contributed by atoms with Crippen LogP contribution in [-0.4, -0.2) is 34.0 Å². The summed E-state index contributed by atoms with van der Waals surface area (Å²) in [7, 11) is -4.06. The monoisotopic (exact) mass is 534 g/mol. The molecular formula is C26H28Cl2N2O4S. The predicted octanol–water partition coefficient (Wildman–Crippen LogP) is 5.73. The summed E-state index contributed by atoms with van der Waals surface area (Å²) in [4.78, 5) is 12.9. The van der Waals surface area contributed by atoms with Gasteiger partial charge >= 0.3 is 0 Å². The minimum atomic E-state index is -4.06. The van der Waals surface area contributed by atoms with Gasteiger partial charge in [-0.05, 0) is 55.2 Å². The van der Waals surface area contributed by atoms with Crippen molar-refractivity contribution in [2.24, 2.45) is 0 Å². The third-order valence-electron chi connectivity index (χ3n) is 5.20. The van der Waals surface area contributed by atoms with E-state index in [4.69, 9.17) is 27.9 Å². The summed E-state index contributed by atoms with van der Waals surface area (Å²) < 4.78 is 33.6. The molecule has 0 fully saturated rings. The Morgan fingerprint density at radius 1 is 0.971 bits per heavy atom. The fourth-order valence-corrected chi connectivity index (χ4v) is 5.36. The number of para-hydroxylation sites is 1. The van der Waals surface area contributed by atoms with Gasteiger partial charge in [0.15, 0.2) is 0 Å². The lowest BCUT2D eigenvalue weighted by Gasteiger charge is -2.25. The van der Waals surface area contributed by atoms with Crippen LogP contribution in [0.4, 0.5) is 5.69 Å². The fourth-order valence-electron chi connectivity index (χ4n) is 3.46. The molecule has 0 unspecified atom stereocenters. The lowest BCUT2D eigenvalue weighted by molar-refractivity contribution is -0.119. The molecular weight excluding hydrogens is 507 g/mol. The Morgan fingerprint density at radius 2 is 1.69 bits per heavy atom. The van der Waals surface area contributed by atoms with Gasteiger partial charge < -0.3 is 10.1 Å². The van der Waals surface area contributed by atoms with E-state index in [-0.39, 0.29) is 20.6 Å². The molecule has 0 saturated heterocycles. The van der Waals surface area contributed by atoms with E-state index < -0.39 is 22.5 Å². The number of nitrogens with one attached hydrogen (secondary N) is 1. The van der Waals surface area contributed by atoms with E-state index in [1.54, 1.807) is 30.3 Å². The van der Waals surface area contributed by atoms with Gasteiger partial charge in [-0.2, -0.15) is 0 Å². The van der Waals surface area contributed by atoms with Crippen LogP contribution in [0.25, 0.3) is 0 Å². The standard InChI is InChI=1S/C26H28Cl2N2O4S/c1-2-18-34-24-16-7-6-10-20(24)11-9-17-29-25(31)19-30(23-15-8-14-22(27)26(23)28)35(32,33)21-12-4-3-5-13-21/h3-8,10,12-16H,2,9,11,17-19H2,1H3,(H,29,31). The maximum Gasteiger partial charge on any atom is 0.264 e. The number of rotatable bonds is 12. The number of benzene rings is 3. The largest absolute Gasteiger partial charge is 0.493 e. The molecule has 0 heterocycles. The molecule has 0 aliphatic carbocycles. The van der Waals surface area contributed by atoms with Gasteiger partial charge in [0.1, 0.15) is 12.3 Å². The van der Waals surface area contributed by atoms with E-state index >= 15 is 0 Å². The topological polar surface area (TPSA) is 75.7 Å². The molecule has 35 heavy (non-hydrogen) atoms. The minimum absolute atomic E-state index is 0.0486. The van der Waals surface area contributed by atoms with Gasteiger partial charge in [0, 0.05) is 6.54 Å². The van der Waals surface area contributed by atoms with Crippen LogP contribution in [0, 0.1) is 0 Å². The van der Waals surface area contributed by atoms with Crippen molar-refractivity contribution in [1.29, 1.82) is 0 Å². The second-order valence-electron chi connectivity index (χ2n) is 7.81. The fraction of sp³-hybridized carbons (Fsp3) is 0.269. The number of sulfonamides is 1. The van der Waals surface area contributed by atoms with Gasteiger partial charge in [0.2, 0.25) is 5.91 Å². The summed E-state index contributed by atoms with van der Waals surface area (Å²) in [6, 6.07) is 20.4. The van der Waals surface area contributed by atoms with E-state index in [0.717, 1.165) is 22.0 Å². The maximum absolute atomic E-state index is 13.4. The number of aryl methyl sites for hydroxylation is 1. The maximum atomic E-state index is 13.4. The molecule has 3 aromatic rings. The van der Waals surface area contributed by atoms with Gasteiger partial charge in [-0.1, -0.05) is 72.6 Å². The zero-order valence-electron chi connectivity index (χ0n) is 19.4. The highest BCUT2D eigenvalue weighted by Gasteiger charge is 2.29. The number of hydrogen-bond donors (Lipinski definition) is 1. The highest BCUT2D eigenvalue weighted by atomic mass is 35.5. The molecule has 1 amide bonds. The third kappa shape index (κ3) is 7.13. The summed E-state index contributed by atoms with van der Waals surface area (Å²) in [5, 5.41) is 3.07. The van der Waals surface area contributed by atoms with Gasteiger partial charge in [0.25, 0.3) is 10.0 Å². The molecule has 3 aromatic carbocycles. The van der Waals surface area contributed by atoms with Crippen molar-refractivity contribution in [2.75, 3.05) is 24.0 Å². The van der Waals surface area contributed by atoms with Crippen molar-refractivity contribution in [1.82, 2.24) is 5.32 Å². The third-order valence-corrected chi connectivity index (χ3v) is 7.78. The molecule has 0 saturated carbocycles. The van der Waals surface area contributed by atoms with Crippen molar-refractivity contribution in [3.8, 4) is 5.75 Å². The Bertz CT molecular complexity index is 1240. The number of halogens is 2. The van der Waals surface area contributed by atoms with E-state index in [9.17, 15) is 13.2 Å². The Balaban J connectivity index is 1.70. The van der Waals surface area contributed by atoms with Gasteiger partial charge in [-0.25, -0.2) is 8.42 Å². The zero-order valence-corrected chi connectivity index (χ0v) is 21.7. The average molecular weight is 535 g/mol. The Morgan fingerprint density at radius 3 is 2.43 bits per heavy atom. The van der Waals surface area contributed by atoms with E-state index in [1.165, 1.54) is 18.2 Å². The van der Waals surface area contributed by atoms with Crippen molar-refractivity contribution in [3.05, 3.63) is 88.4 Å². The number of amides is 1. The summed E-state index contributed by atoms with van der Waals surface area (Å²) >= 11 is 12.5. The Labute approximate surface area is 216 Å². The smallest absolute Gasteiger partial charge is 0.264 e. The van der Waals surface area contributed by atoms with Crippen molar-refractivity contribution in [3.63, 3.8) is 0 Å².